The summed E-state index contributed by atoms with van der Waals surface area (Å²) in [5.41, 5.74) is 0.0618. The van der Waals surface area contributed by atoms with Gasteiger partial charge in [0.2, 0.25) is 0 Å². The Morgan fingerprint density at radius 2 is 1.90 bits per heavy atom. The molecule has 4 rings (SSSR count). The molecule has 0 aromatic heterocycles. The molecule has 114 valence electrons. The minimum absolute atomic E-state index is 0.116. The first-order valence-corrected chi connectivity index (χ1v) is 8.72. The molecule has 0 aromatic rings. The molecular formula is C19H26O2. The van der Waals surface area contributed by atoms with E-state index < -0.39 is 0 Å². The van der Waals surface area contributed by atoms with Crippen LogP contribution in [0, 0.1) is 34.5 Å². The van der Waals surface area contributed by atoms with Crippen molar-refractivity contribution >= 4 is 11.6 Å². The van der Waals surface area contributed by atoms with Gasteiger partial charge in [-0.1, -0.05) is 32.8 Å². The topological polar surface area (TPSA) is 34.1 Å². The van der Waals surface area contributed by atoms with Crippen molar-refractivity contribution in [3.63, 3.8) is 0 Å². The SMILES string of the molecule is C[C@]12CCCCC1CC(=O)[C@@H]1[C@H]2CC[C@]2(C)C(=O)C=C[C@@H]12. The highest BCUT2D eigenvalue weighted by Gasteiger charge is 2.61. The first-order chi connectivity index (χ1) is 9.97. The molecule has 0 amide bonds. The predicted octanol–water partition coefficient (Wildman–Crippen LogP) is 3.94. The van der Waals surface area contributed by atoms with Crippen molar-refractivity contribution in [2.45, 2.75) is 58.8 Å². The number of Topliss-reactive ketones (excluding diaryl/α,β-unsaturated/α-hetero) is 1. The average Bonchev–Trinajstić information content (AvgIpc) is 2.76. The van der Waals surface area contributed by atoms with Crippen LogP contribution in [0.5, 0.6) is 0 Å². The first-order valence-electron chi connectivity index (χ1n) is 8.72. The molecule has 3 fully saturated rings. The van der Waals surface area contributed by atoms with Crippen LogP contribution in [0.15, 0.2) is 12.2 Å². The van der Waals surface area contributed by atoms with Gasteiger partial charge < -0.3 is 0 Å². The van der Waals surface area contributed by atoms with Crippen molar-refractivity contribution in [3.05, 3.63) is 12.2 Å². The van der Waals surface area contributed by atoms with Crippen LogP contribution in [-0.4, -0.2) is 11.6 Å². The smallest absolute Gasteiger partial charge is 0.161 e. The fourth-order valence-corrected chi connectivity index (χ4v) is 6.25. The van der Waals surface area contributed by atoms with Crippen LogP contribution >= 0.6 is 0 Å². The van der Waals surface area contributed by atoms with Crippen LogP contribution in [0.1, 0.15) is 58.8 Å². The van der Waals surface area contributed by atoms with E-state index in [1.165, 1.54) is 25.7 Å². The maximum atomic E-state index is 12.9. The molecular weight excluding hydrogens is 260 g/mol. The first kappa shape index (κ1) is 13.7. The van der Waals surface area contributed by atoms with Crippen molar-refractivity contribution < 1.29 is 9.59 Å². The van der Waals surface area contributed by atoms with Gasteiger partial charge >= 0.3 is 0 Å². The Bertz CT molecular complexity index is 534. The van der Waals surface area contributed by atoms with E-state index in [-0.39, 0.29) is 23.0 Å². The normalized spacial score (nSPS) is 52.3. The van der Waals surface area contributed by atoms with Crippen molar-refractivity contribution in [3.8, 4) is 0 Å². The fourth-order valence-electron chi connectivity index (χ4n) is 6.25. The molecule has 0 aliphatic heterocycles. The summed E-state index contributed by atoms with van der Waals surface area (Å²) >= 11 is 0. The molecule has 21 heavy (non-hydrogen) atoms. The summed E-state index contributed by atoms with van der Waals surface area (Å²) in [6, 6.07) is 0. The number of carbonyl (C=O) groups is 2. The van der Waals surface area contributed by atoms with Gasteiger partial charge in [-0.25, -0.2) is 0 Å². The Hall–Kier alpha value is -0.920. The van der Waals surface area contributed by atoms with Crippen LogP contribution in [0.4, 0.5) is 0 Å². The second-order valence-electron chi connectivity index (χ2n) is 8.46. The maximum Gasteiger partial charge on any atom is 0.161 e. The summed E-state index contributed by atoms with van der Waals surface area (Å²) in [6.07, 6.45) is 11.8. The third-order valence-corrected chi connectivity index (χ3v) is 7.67. The highest BCUT2D eigenvalue weighted by Crippen LogP contribution is 2.63. The number of carbonyl (C=O) groups excluding carboxylic acids is 2. The lowest BCUT2D eigenvalue weighted by atomic mass is 9.45. The molecule has 2 heteroatoms. The summed E-state index contributed by atoms with van der Waals surface area (Å²) in [4.78, 5) is 25.1. The van der Waals surface area contributed by atoms with Gasteiger partial charge in [0.15, 0.2) is 5.78 Å². The quantitative estimate of drug-likeness (QED) is 0.676. The van der Waals surface area contributed by atoms with Crippen molar-refractivity contribution in [1.29, 1.82) is 0 Å². The maximum absolute atomic E-state index is 12.9. The molecule has 0 radical (unpaired) electrons. The van der Waals surface area contributed by atoms with E-state index in [1.807, 2.05) is 0 Å². The summed E-state index contributed by atoms with van der Waals surface area (Å²) in [7, 11) is 0. The van der Waals surface area contributed by atoms with Crippen LogP contribution in [0.2, 0.25) is 0 Å². The number of hydrogen-bond donors (Lipinski definition) is 0. The summed E-state index contributed by atoms with van der Waals surface area (Å²) in [6.45, 7) is 4.54. The second kappa shape index (κ2) is 4.30. The van der Waals surface area contributed by atoms with Gasteiger partial charge in [-0.3, -0.25) is 9.59 Å². The van der Waals surface area contributed by atoms with Crippen molar-refractivity contribution in [2.75, 3.05) is 0 Å². The molecule has 0 spiro atoms. The molecule has 2 nitrogen and oxygen atoms in total. The predicted molar refractivity (Wildman–Crippen MR) is 81.6 cm³/mol. The van der Waals surface area contributed by atoms with Gasteiger partial charge in [0.25, 0.3) is 0 Å². The largest absolute Gasteiger partial charge is 0.299 e. The van der Waals surface area contributed by atoms with Gasteiger partial charge in [0.05, 0.1) is 0 Å². The molecule has 3 saturated carbocycles. The van der Waals surface area contributed by atoms with E-state index >= 15 is 0 Å². The third-order valence-electron chi connectivity index (χ3n) is 7.67. The van der Waals surface area contributed by atoms with Crippen LogP contribution in [-0.2, 0) is 9.59 Å². The summed E-state index contributed by atoms with van der Waals surface area (Å²) in [5.74, 6) is 2.12. The van der Waals surface area contributed by atoms with E-state index in [0.717, 1.165) is 19.3 Å². The van der Waals surface area contributed by atoms with Crippen molar-refractivity contribution in [2.24, 2.45) is 34.5 Å². The Balaban J connectivity index is 1.74. The molecule has 6 atom stereocenters. The minimum atomic E-state index is -0.283. The number of fused-ring (bicyclic) bond motifs is 5. The molecule has 0 saturated heterocycles. The van der Waals surface area contributed by atoms with Crippen molar-refractivity contribution in [1.82, 2.24) is 0 Å². The number of allylic oxidation sites excluding steroid dienone is 2. The molecule has 0 heterocycles. The highest BCUT2D eigenvalue weighted by molar-refractivity contribution is 5.99. The Kier molecular flexibility index (Phi) is 2.81. The minimum Gasteiger partial charge on any atom is -0.299 e. The molecule has 0 aromatic carbocycles. The monoisotopic (exact) mass is 286 g/mol. The molecule has 0 bridgehead atoms. The van der Waals surface area contributed by atoms with Crippen LogP contribution in [0.3, 0.4) is 0 Å². The molecule has 4 aliphatic rings. The van der Waals surface area contributed by atoms with E-state index in [1.54, 1.807) is 6.08 Å². The Morgan fingerprint density at radius 3 is 2.71 bits per heavy atom. The number of hydrogen-bond acceptors (Lipinski definition) is 2. The number of ketones is 2. The van der Waals surface area contributed by atoms with E-state index in [9.17, 15) is 9.59 Å². The van der Waals surface area contributed by atoms with Gasteiger partial charge in [0.1, 0.15) is 5.78 Å². The van der Waals surface area contributed by atoms with E-state index in [2.05, 4.69) is 19.9 Å². The lowest BCUT2D eigenvalue weighted by Crippen LogP contribution is -2.56. The van der Waals surface area contributed by atoms with E-state index in [4.69, 9.17) is 0 Å². The zero-order valence-electron chi connectivity index (χ0n) is 13.2. The molecule has 0 N–H and O–H groups in total. The second-order valence-corrected chi connectivity index (χ2v) is 8.46. The Morgan fingerprint density at radius 1 is 1.10 bits per heavy atom. The lowest BCUT2D eigenvalue weighted by Gasteiger charge is -2.58. The summed E-state index contributed by atoms with van der Waals surface area (Å²) < 4.78 is 0. The molecule has 4 aliphatic carbocycles. The van der Waals surface area contributed by atoms with Crippen LogP contribution < -0.4 is 0 Å². The number of rotatable bonds is 0. The van der Waals surface area contributed by atoms with Gasteiger partial charge in [-0.05, 0) is 54.9 Å². The van der Waals surface area contributed by atoms with E-state index in [0.29, 0.717) is 23.0 Å². The standard InChI is InChI=1S/C19H26O2/c1-18-9-4-3-5-12(18)11-15(20)17-13-6-7-16(21)19(13,2)10-8-14(17)18/h6-7,12-14,17H,3-5,8-11H2,1-2H3/t12?,13-,14+,17-,18-,19-/m0/s1. The zero-order chi connectivity index (χ0) is 14.8. The van der Waals surface area contributed by atoms with Gasteiger partial charge in [0, 0.05) is 17.8 Å². The molecule has 1 unspecified atom stereocenters. The van der Waals surface area contributed by atoms with Gasteiger partial charge in [-0.15, -0.1) is 0 Å². The average molecular weight is 286 g/mol. The Labute approximate surface area is 127 Å². The lowest BCUT2D eigenvalue weighted by molar-refractivity contribution is -0.154. The van der Waals surface area contributed by atoms with Gasteiger partial charge in [-0.2, -0.15) is 0 Å². The summed E-state index contributed by atoms with van der Waals surface area (Å²) in [5, 5.41) is 0. The third kappa shape index (κ3) is 1.65. The zero-order valence-corrected chi connectivity index (χ0v) is 13.2. The van der Waals surface area contributed by atoms with Crippen LogP contribution in [0.25, 0.3) is 0 Å². The fraction of sp³-hybridized carbons (Fsp3) is 0.789. The highest BCUT2D eigenvalue weighted by atomic mass is 16.1.